The smallest absolute Gasteiger partial charge is 0.338 e. The van der Waals surface area contributed by atoms with E-state index in [1.165, 1.54) is 0 Å². The molecule has 2 unspecified atom stereocenters. The third-order valence-electron chi connectivity index (χ3n) is 5.41. The van der Waals surface area contributed by atoms with E-state index in [9.17, 15) is 9.59 Å². The van der Waals surface area contributed by atoms with E-state index in [1.54, 1.807) is 24.3 Å². The summed E-state index contributed by atoms with van der Waals surface area (Å²) in [5.41, 5.74) is 3.42. The number of rotatable bonds is 6. The second-order valence-corrected chi connectivity index (χ2v) is 7.70. The second kappa shape index (κ2) is 8.59. The molecule has 6 nitrogen and oxygen atoms in total. The Morgan fingerprint density at radius 1 is 0.562 bits per heavy atom. The molecule has 0 N–H and O–H groups in total. The topological polar surface area (TPSA) is 77.3 Å². The lowest BCUT2D eigenvalue weighted by atomic mass is 10.1. The number of hydrogen-bond donors (Lipinski definition) is 0. The van der Waals surface area contributed by atoms with Crippen molar-refractivity contribution < 1.29 is 19.1 Å². The predicted molar refractivity (Wildman–Crippen MR) is 120 cm³/mol. The monoisotopic (exact) mass is 424 g/mol. The van der Waals surface area contributed by atoms with Gasteiger partial charge < -0.3 is 9.47 Å². The Labute approximate surface area is 185 Å². The quantitative estimate of drug-likeness (QED) is 0.568. The number of hydrogen-bond acceptors (Lipinski definition) is 6. The number of nitrogens with zero attached hydrogens (tertiary/aromatic N) is 2. The summed E-state index contributed by atoms with van der Waals surface area (Å²) >= 11 is 0. The van der Waals surface area contributed by atoms with Gasteiger partial charge in [0.1, 0.15) is 0 Å². The molecule has 0 radical (unpaired) electrons. The van der Waals surface area contributed by atoms with E-state index in [-0.39, 0.29) is 11.9 Å². The normalized spacial score (nSPS) is 19.9. The molecule has 0 amide bonds. The van der Waals surface area contributed by atoms with Crippen LogP contribution < -0.4 is 0 Å². The van der Waals surface area contributed by atoms with E-state index in [1.807, 2.05) is 60.7 Å². The Morgan fingerprint density at radius 2 is 0.938 bits per heavy atom. The first-order valence-corrected chi connectivity index (χ1v) is 10.4. The number of esters is 2. The number of ether oxygens (including phenoxy) is 2. The van der Waals surface area contributed by atoms with Crippen LogP contribution in [0.15, 0.2) is 94.9 Å². The van der Waals surface area contributed by atoms with Crippen LogP contribution >= 0.6 is 0 Å². The minimum absolute atomic E-state index is 0.301. The lowest BCUT2D eigenvalue weighted by Gasteiger charge is -2.03. The highest BCUT2D eigenvalue weighted by atomic mass is 16.6. The van der Waals surface area contributed by atoms with Gasteiger partial charge in [0.15, 0.2) is 12.1 Å². The highest BCUT2D eigenvalue weighted by molar-refractivity contribution is 6.08. The van der Waals surface area contributed by atoms with Crippen molar-refractivity contribution in [3.05, 3.63) is 107 Å². The molecule has 0 spiro atoms. The molecule has 0 saturated carbocycles. The van der Waals surface area contributed by atoms with E-state index < -0.39 is 12.1 Å². The van der Waals surface area contributed by atoms with Crippen molar-refractivity contribution in [1.82, 2.24) is 0 Å². The fourth-order valence-corrected chi connectivity index (χ4v) is 3.72. The van der Waals surface area contributed by atoms with Gasteiger partial charge in [-0.05, 0) is 35.4 Å². The minimum atomic E-state index is -0.550. The average Bonchev–Trinajstić information content (AvgIpc) is 3.37. The van der Waals surface area contributed by atoms with Crippen LogP contribution in [0.25, 0.3) is 0 Å². The van der Waals surface area contributed by atoms with Crippen LogP contribution in [0, 0.1) is 0 Å². The Bertz CT molecular complexity index is 1110. The van der Waals surface area contributed by atoms with Gasteiger partial charge in [-0.1, -0.05) is 60.7 Å². The van der Waals surface area contributed by atoms with Crippen LogP contribution in [-0.2, 0) is 31.9 Å². The second-order valence-electron chi connectivity index (χ2n) is 7.70. The van der Waals surface area contributed by atoms with Crippen molar-refractivity contribution in [3.63, 3.8) is 0 Å². The molecule has 2 atom stereocenters. The summed E-state index contributed by atoms with van der Waals surface area (Å²) in [4.78, 5) is 33.4. The highest BCUT2D eigenvalue weighted by Crippen LogP contribution is 2.20. The Hall–Kier alpha value is -4.06. The third kappa shape index (κ3) is 4.21. The molecule has 0 bridgehead atoms. The zero-order valence-corrected chi connectivity index (χ0v) is 17.2. The van der Waals surface area contributed by atoms with E-state index >= 15 is 0 Å². The van der Waals surface area contributed by atoms with Crippen LogP contribution in [0.2, 0.25) is 0 Å². The van der Waals surface area contributed by atoms with Gasteiger partial charge in [-0.15, -0.1) is 0 Å². The zero-order valence-electron chi connectivity index (χ0n) is 17.2. The molecule has 6 heteroatoms. The van der Waals surface area contributed by atoms with Gasteiger partial charge in [0.2, 0.25) is 11.8 Å². The van der Waals surface area contributed by atoms with Crippen LogP contribution in [0.4, 0.5) is 0 Å². The fraction of sp³-hybridized carbons (Fsp3) is 0.154. The van der Waals surface area contributed by atoms with Gasteiger partial charge in [0.25, 0.3) is 0 Å². The number of aliphatic imine (C=N–C) groups is 2. The van der Waals surface area contributed by atoms with Crippen LogP contribution in [0.1, 0.15) is 22.3 Å². The Morgan fingerprint density at radius 3 is 1.31 bits per heavy atom. The van der Waals surface area contributed by atoms with Crippen LogP contribution in [-0.4, -0.2) is 35.8 Å². The number of carbonyl (C=O) groups excluding carboxylic acids is 2. The third-order valence-corrected chi connectivity index (χ3v) is 5.41. The SMILES string of the molecule is O=C1OC(c2ccc(C3=NC(Cc4ccccc4)C(=O)O3)cc2)=NC1Cc1ccccc1. The molecule has 0 saturated heterocycles. The van der Waals surface area contributed by atoms with E-state index in [2.05, 4.69) is 9.98 Å². The lowest BCUT2D eigenvalue weighted by Crippen LogP contribution is -2.17. The lowest BCUT2D eigenvalue weighted by molar-refractivity contribution is -0.135. The molecule has 3 aromatic carbocycles. The first-order chi connectivity index (χ1) is 15.7. The fourth-order valence-electron chi connectivity index (χ4n) is 3.72. The Balaban J connectivity index is 1.29. The summed E-state index contributed by atoms with van der Waals surface area (Å²) in [7, 11) is 0. The van der Waals surface area contributed by atoms with Crippen molar-refractivity contribution >= 4 is 23.7 Å². The summed E-state index contributed by atoms with van der Waals surface area (Å²) in [6, 6.07) is 25.5. The van der Waals surface area contributed by atoms with Crippen molar-refractivity contribution in [2.45, 2.75) is 24.9 Å². The minimum Gasteiger partial charge on any atom is -0.406 e. The molecular weight excluding hydrogens is 404 g/mol. The molecule has 0 aliphatic carbocycles. The van der Waals surface area contributed by atoms with E-state index in [0.29, 0.717) is 35.8 Å². The molecule has 32 heavy (non-hydrogen) atoms. The maximum atomic E-state index is 12.2. The maximum absolute atomic E-state index is 12.2. The van der Waals surface area contributed by atoms with Gasteiger partial charge in [-0.25, -0.2) is 19.6 Å². The molecular formula is C26H20N2O4. The number of carbonyl (C=O) groups is 2. The molecule has 5 rings (SSSR count). The summed E-state index contributed by atoms with van der Waals surface area (Å²) in [6.45, 7) is 0. The molecule has 158 valence electrons. The predicted octanol–water partition coefficient (Wildman–Crippen LogP) is 3.52. The van der Waals surface area contributed by atoms with Gasteiger partial charge in [0, 0.05) is 24.0 Å². The molecule has 2 heterocycles. The standard InChI is InChI=1S/C26H20N2O4/c29-25-21(15-17-7-3-1-4-8-17)27-23(31-25)19-11-13-20(14-12-19)24-28-22(26(30)32-24)16-18-9-5-2-6-10-18/h1-14,21-22H,15-16H2. The van der Waals surface area contributed by atoms with Crippen molar-refractivity contribution in [3.8, 4) is 0 Å². The largest absolute Gasteiger partial charge is 0.406 e. The van der Waals surface area contributed by atoms with Gasteiger partial charge in [0.05, 0.1) is 0 Å². The first-order valence-electron chi connectivity index (χ1n) is 10.4. The summed E-state index contributed by atoms with van der Waals surface area (Å²) in [5.74, 6) is -0.110. The molecule has 0 fully saturated rings. The van der Waals surface area contributed by atoms with Gasteiger partial charge in [-0.2, -0.15) is 0 Å². The number of benzene rings is 3. The van der Waals surface area contributed by atoms with Crippen molar-refractivity contribution in [2.75, 3.05) is 0 Å². The summed E-state index contributed by atoms with van der Waals surface area (Å²) < 4.78 is 10.8. The molecule has 2 aliphatic rings. The van der Waals surface area contributed by atoms with Crippen molar-refractivity contribution in [1.29, 1.82) is 0 Å². The Kier molecular flexibility index (Phi) is 5.34. The maximum Gasteiger partial charge on any atom is 0.338 e. The summed E-state index contributed by atoms with van der Waals surface area (Å²) in [6.07, 6.45) is 0.994. The summed E-state index contributed by atoms with van der Waals surface area (Å²) in [5, 5.41) is 0. The first kappa shape index (κ1) is 19.9. The zero-order chi connectivity index (χ0) is 21.9. The molecule has 0 aromatic heterocycles. The number of cyclic esters (lactones) is 2. The van der Waals surface area contributed by atoms with Crippen LogP contribution in [0.5, 0.6) is 0 Å². The van der Waals surface area contributed by atoms with Gasteiger partial charge in [-0.3, -0.25) is 0 Å². The van der Waals surface area contributed by atoms with E-state index in [4.69, 9.17) is 9.47 Å². The van der Waals surface area contributed by atoms with Gasteiger partial charge >= 0.3 is 11.9 Å². The molecule has 3 aromatic rings. The van der Waals surface area contributed by atoms with Crippen molar-refractivity contribution in [2.24, 2.45) is 9.98 Å². The average molecular weight is 424 g/mol. The van der Waals surface area contributed by atoms with Crippen LogP contribution in [0.3, 0.4) is 0 Å². The highest BCUT2D eigenvalue weighted by Gasteiger charge is 2.31. The molecule has 2 aliphatic heterocycles. The van der Waals surface area contributed by atoms with E-state index in [0.717, 1.165) is 11.1 Å².